The largest absolute Gasteiger partial charge is 0.494 e. The number of nitrogens with zero attached hydrogens (tertiary/aromatic N) is 1. The molecule has 0 unspecified atom stereocenters. The highest BCUT2D eigenvalue weighted by Gasteiger charge is 2.26. The van der Waals surface area contributed by atoms with Crippen molar-refractivity contribution < 1.29 is 17.9 Å². The first kappa shape index (κ1) is 23.3. The number of nitrogens with one attached hydrogen (secondary N) is 1. The molecule has 0 bridgehead atoms. The molecule has 1 fully saturated rings. The van der Waals surface area contributed by atoms with Crippen molar-refractivity contribution in [1.82, 2.24) is 9.62 Å². The van der Waals surface area contributed by atoms with Crippen LogP contribution in [0, 0.1) is 0 Å². The van der Waals surface area contributed by atoms with Crippen LogP contribution in [0.15, 0.2) is 53.4 Å². The van der Waals surface area contributed by atoms with E-state index in [2.05, 4.69) is 12.2 Å². The maximum atomic E-state index is 12.6. The van der Waals surface area contributed by atoms with E-state index in [4.69, 9.17) is 4.74 Å². The van der Waals surface area contributed by atoms with E-state index in [1.54, 1.807) is 28.6 Å². The average molecular weight is 445 g/mol. The summed E-state index contributed by atoms with van der Waals surface area (Å²) in [6, 6.07) is 14.7. The van der Waals surface area contributed by atoms with Gasteiger partial charge in [-0.1, -0.05) is 37.6 Å². The van der Waals surface area contributed by atoms with E-state index in [1.165, 1.54) is 0 Å². The van der Waals surface area contributed by atoms with Gasteiger partial charge in [0, 0.05) is 26.1 Å². The Morgan fingerprint density at radius 2 is 1.81 bits per heavy atom. The summed E-state index contributed by atoms with van der Waals surface area (Å²) >= 11 is 0. The number of carbonyl (C=O) groups excluding carboxylic acids is 1. The summed E-state index contributed by atoms with van der Waals surface area (Å²) < 4.78 is 32.4. The molecule has 0 saturated carbocycles. The lowest BCUT2D eigenvalue weighted by Gasteiger charge is -2.15. The van der Waals surface area contributed by atoms with Crippen molar-refractivity contribution in [3.05, 3.63) is 59.7 Å². The number of benzene rings is 2. The molecule has 1 amide bonds. The number of unbranched alkanes of at least 4 members (excludes halogenated alkanes) is 1. The van der Waals surface area contributed by atoms with Gasteiger partial charge in [0.2, 0.25) is 15.9 Å². The highest BCUT2D eigenvalue weighted by atomic mass is 32.2. The smallest absolute Gasteiger partial charge is 0.243 e. The molecule has 6 nitrogen and oxygen atoms in total. The van der Waals surface area contributed by atoms with Gasteiger partial charge in [-0.25, -0.2) is 8.42 Å². The normalized spacial score (nSPS) is 14.5. The molecule has 31 heavy (non-hydrogen) atoms. The Balaban J connectivity index is 1.45. The van der Waals surface area contributed by atoms with Gasteiger partial charge >= 0.3 is 0 Å². The van der Waals surface area contributed by atoms with Crippen molar-refractivity contribution in [2.24, 2.45) is 0 Å². The third-order valence-electron chi connectivity index (χ3n) is 5.42. The van der Waals surface area contributed by atoms with Crippen LogP contribution in [0.3, 0.4) is 0 Å². The van der Waals surface area contributed by atoms with E-state index in [0.717, 1.165) is 42.6 Å². The van der Waals surface area contributed by atoms with Gasteiger partial charge in [0.15, 0.2) is 0 Å². The second-order valence-corrected chi connectivity index (χ2v) is 9.82. The van der Waals surface area contributed by atoms with E-state index in [-0.39, 0.29) is 5.91 Å². The van der Waals surface area contributed by atoms with Crippen LogP contribution in [0.4, 0.5) is 0 Å². The van der Waals surface area contributed by atoms with Gasteiger partial charge in [-0.2, -0.15) is 4.31 Å². The molecular formula is C24H32N2O4S. The minimum absolute atomic E-state index is 0.0360. The van der Waals surface area contributed by atoms with Gasteiger partial charge in [-0.3, -0.25) is 4.79 Å². The molecule has 1 saturated heterocycles. The quantitative estimate of drug-likeness (QED) is 0.534. The summed E-state index contributed by atoms with van der Waals surface area (Å²) in [4.78, 5) is 12.6. The van der Waals surface area contributed by atoms with Crippen molar-refractivity contribution in [2.75, 3.05) is 19.7 Å². The molecule has 7 heteroatoms. The first-order chi connectivity index (χ1) is 15.0. The number of rotatable bonds is 11. The first-order valence-electron chi connectivity index (χ1n) is 11.1. The van der Waals surface area contributed by atoms with Crippen LogP contribution in [0.25, 0.3) is 0 Å². The van der Waals surface area contributed by atoms with Crippen molar-refractivity contribution >= 4 is 15.9 Å². The highest BCUT2D eigenvalue weighted by Crippen LogP contribution is 2.21. The Morgan fingerprint density at radius 3 is 2.52 bits per heavy atom. The zero-order valence-corrected chi connectivity index (χ0v) is 19.0. The van der Waals surface area contributed by atoms with Crippen molar-refractivity contribution in [3.63, 3.8) is 0 Å². The van der Waals surface area contributed by atoms with E-state index < -0.39 is 10.0 Å². The Kier molecular flexibility index (Phi) is 8.49. The van der Waals surface area contributed by atoms with Gasteiger partial charge in [-0.05, 0) is 61.1 Å². The summed E-state index contributed by atoms with van der Waals surface area (Å²) in [6.07, 6.45) is 4.87. The molecule has 0 aromatic heterocycles. The third-order valence-corrected chi connectivity index (χ3v) is 7.33. The van der Waals surface area contributed by atoms with E-state index in [9.17, 15) is 13.2 Å². The van der Waals surface area contributed by atoms with Crippen LogP contribution < -0.4 is 10.1 Å². The number of hydrogen-bond donors (Lipinski definition) is 1. The molecule has 2 aromatic carbocycles. The maximum Gasteiger partial charge on any atom is 0.243 e. The summed E-state index contributed by atoms with van der Waals surface area (Å²) in [7, 11) is -3.39. The minimum Gasteiger partial charge on any atom is -0.494 e. The number of hydrogen-bond acceptors (Lipinski definition) is 4. The number of aryl methyl sites for hydroxylation is 1. The molecule has 168 valence electrons. The summed E-state index contributed by atoms with van der Waals surface area (Å²) in [5, 5.41) is 2.94. The molecule has 1 aliphatic heterocycles. The monoisotopic (exact) mass is 444 g/mol. The molecule has 1 aliphatic rings. The molecule has 0 spiro atoms. The zero-order valence-electron chi connectivity index (χ0n) is 18.2. The Bertz CT molecular complexity index is 952. The lowest BCUT2D eigenvalue weighted by atomic mass is 10.1. The number of carbonyl (C=O) groups is 1. The van der Waals surface area contributed by atoms with Crippen molar-refractivity contribution in [2.45, 2.75) is 56.9 Å². The van der Waals surface area contributed by atoms with E-state index in [1.807, 2.05) is 24.3 Å². The maximum absolute atomic E-state index is 12.6. The van der Waals surface area contributed by atoms with Crippen LogP contribution in [0.5, 0.6) is 5.75 Å². The van der Waals surface area contributed by atoms with Crippen LogP contribution in [0.1, 0.15) is 50.2 Å². The lowest BCUT2D eigenvalue weighted by molar-refractivity contribution is -0.121. The molecule has 0 radical (unpaired) electrons. The fourth-order valence-corrected chi connectivity index (χ4v) is 5.05. The van der Waals surface area contributed by atoms with Crippen LogP contribution >= 0.6 is 0 Å². The number of sulfonamides is 1. The zero-order chi connectivity index (χ0) is 22.1. The second kappa shape index (κ2) is 11.3. The number of ether oxygens (including phenoxy) is 1. The van der Waals surface area contributed by atoms with E-state index >= 15 is 0 Å². The van der Waals surface area contributed by atoms with E-state index in [0.29, 0.717) is 44.0 Å². The third kappa shape index (κ3) is 6.80. The van der Waals surface area contributed by atoms with Crippen LogP contribution in [-0.4, -0.2) is 38.3 Å². The van der Waals surface area contributed by atoms with Gasteiger partial charge in [-0.15, -0.1) is 0 Å². The molecular weight excluding hydrogens is 412 g/mol. The second-order valence-electron chi connectivity index (χ2n) is 7.88. The first-order valence-corrected chi connectivity index (χ1v) is 12.5. The van der Waals surface area contributed by atoms with Gasteiger partial charge in [0.25, 0.3) is 0 Å². The molecule has 1 N–H and O–H groups in total. The predicted molar refractivity (Wildman–Crippen MR) is 121 cm³/mol. The lowest BCUT2D eigenvalue weighted by Crippen LogP contribution is -2.27. The highest BCUT2D eigenvalue weighted by molar-refractivity contribution is 7.89. The van der Waals surface area contributed by atoms with Gasteiger partial charge in [0.1, 0.15) is 5.75 Å². The SMILES string of the molecule is CCCCOc1cccc(CNC(=O)CCc2ccc(S(=O)(=O)N3CCCC3)cc2)c1. The molecule has 1 heterocycles. The Labute approximate surface area is 185 Å². The van der Waals surface area contributed by atoms with Crippen molar-refractivity contribution in [3.8, 4) is 5.75 Å². The minimum atomic E-state index is -3.39. The number of amides is 1. The Morgan fingerprint density at radius 1 is 1.06 bits per heavy atom. The topological polar surface area (TPSA) is 75.7 Å². The van der Waals surface area contributed by atoms with Crippen LogP contribution in [-0.2, 0) is 27.8 Å². The van der Waals surface area contributed by atoms with Gasteiger partial charge < -0.3 is 10.1 Å². The van der Waals surface area contributed by atoms with Crippen molar-refractivity contribution in [1.29, 1.82) is 0 Å². The standard InChI is InChI=1S/C24H32N2O4S/c1-2-3-17-30-22-8-6-7-21(18-22)19-25-24(27)14-11-20-9-12-23(13-10-20)31(28,29)26-15-4-5-16-26/h6-10,12-13,18H,2-5,11,14-17,19H2,1H3,(H,25,27). The average Bonchev–Trinajstić information content (AvgIpc) is 3.33. The summed E-state index contributed by atoms with van der Waals surface area (Å²) in [6.45, 7) is 4.47. The summed E-state index contributed by atoms with van der Waals surface area (Å²) in [5.74, 6) is 0.787. The molecule has 0 aliphatic carbocycles. The van der Waals surface area contributed by atoms with Crippen LogP contribution in [0.2, 0.25) is 0 Å². The summed E-state index contributed by atoms with van der Waals surface area (Å²) in [5.41, 5.74) is 1.95. The molecule has 0 atom stereocenters. The van der Waals surface area contributed by atoms with Gasteiger partial charge in [0.05, 0.1) is 11.5 Å². The predicted octanol–water partition coefficient (Wildman–Crippen LogP) is 3.90. The molecule has 2 aromatic rings. The fraction of sp³-hybridized carbons (Fsp3) is 0.458. The molecule has 3 rings (SSSR count). The Hall–Kier alpha value is -2.38. The fourth-order valence-electron chi connectivity index (χ4n) is 3.53.